The first-order chi connectivity index (χ1) is 8.20. The predicted octanol–water partition coefficient (Wildman–Crippen LogP) is 3.25. The second kappa shape index (κ2) is 7.34. The van der Waals surface area contributed by atoms with Gasteiger partial charge in [0, 0.05) is 17.6 Å². The minimum absolute atomic E-state index is 0. The molecule has 0 amide bonds. The Morgan fingerprint density at radius 2 is 2.00 bits per heavy atom. The van der Waals surface area contributed by atoms with Gasteiger partial charge in [0.1, 0.15) is 0 Å². The van der Waals surface area contributed by atoms with E-state index in [4.69, 9.17) is 17.3 Å². The fourth-order valence-electron chi connectivity index (χ4n) is 2.45. The first kappa shape index (κ1) is 15.8. The fourth-order valence-corrected chi connectivity index (χ4v) is 2.70. The zero-order valence-corrected chi connectivity index (χ0v) is 12.4. The van der Waals surface area contributed by atoms with Crippen LogP contribution in [0.4, 0.5) is 0 Å². The number of hydrogen-bond acceptors (Lipinski definition) is 2. The number of benzene rings is 1. The molecule has 102 valence electrons. The molecule has 1 aliphatic heterocycles. The summed E-state index contributed by atoms with van der Waals surface area (Å²) in [5.41, 5.74) is 8.59. The van der Waals surface area contributed by atoms with E-state index in [1.807, 2.05) is 12.1 Å². The molecule has 4 heteroatoms. The third kappa shape index (κ3) is 3.86. The minimum Gasteiger partial charge on any atom is -0.328 e. The van der Waals surface area contributed by atoms with Crippen LogP contribution < -0.4 is 5.73 Å². The summed E-state index contributed by atoms with van der Waals surface area (Å²) in [6.45, 7) is 5.34. The third-order valence-corrected chi connectivity index (χ3v) is 3.96. The SMILES string of the molecule is CCc1cccc(Cl)c1CN1CCC(N)CC1.Cl. The molecule has 1 fully saturated rings. The number of piperidine rings is 1. The quantitative estimate of drug-likeness (QED) is 0.925. The van der Waals surface area contributed by atoms with Crippen molar-refractivity contribution in [1.29, 1.82) is 0 Å². The number of aryl methyl sites for hydroxylation is 1. The van der Waals surface area contributed by atoms with Crippen molar-refractivity contribution in [2.75, 3.05) is 13.1 Å². The lowest BCUT2D eigenvalue weighted by Gasteiger charge is -2.30. The lowest BCUT2D eigenvalue weighted by Crippen LogP contribution is -2.39. The van der Waals surface area contributed by atoms with Crippen LogP contribution in [0.25, 0.3) is 0 Å². The van der Waals surface area contributed by atoms with E-state index in [9.17, 15) is 0 Å². The van der Waals surface area contributed by atoms with Crippen LogP contribution in [0, 0.1) is 0 Å². The number of nitrogens with zero attached hydrogens (tertiary/aromatic N) is 1. The summed E-state index contributed by atoms with van der Waals surface area (Å²) < 4.78 is 0. The second-order valence-electron chi connectivity index (χ2n) is 4.84. The van der Waals surface area contributed by atoms with Gasteiger partial charge in [0.15, 0.2) is 0 Å². The molecule has 1 aromatic carbocycles. The molecule has 2 N–H and O–H groups in total. The summed E-state index contributed by atoms with van der Waals surface area (Å²) >= 11 is 6.30. The first-order valence-electron chi connectivity index (χ1n) is 6.45. The van der Waals surface area contributed by atoms with E-state index < -0.39 is 0 Å². The van der Waals surface area contributed by atoms with Crippen LogP contribution in [0.3, 0.4) is 0 Å². The molecule has 0 aromatic heterocycles. The maximum atomic E-state index is 6.30. The molecule has 2 rings (SSSR count). The number of nitrogens with two attached hydrogens (primary N) is 1. The van der Waals surface area contributed by atoms with Crippen molar-refractivity contribution in [2.24, 2.45) is 5.73 Å². The average molecular weight is 289 g/mol. The fraction of sp³-hybridized carbons (Fsp3) is 0.571. The molecule has 0 spiro atoms. The van der Waals surface area contributed by atoms with Crippen molar-refractivity contribution in [3.05, 3.63) is 34.3 Å². The highest BCUT2D eigenvalue weighted by molar-refractivity contribution is 6.31. The van der Waals surface area contributed by atoms with Gasteiger partial charge in [-0.3, -0.25) is 4.90 Å². The molecule has 18 heavy (non-hydrogen) atoms. The molecule has 0 bridgehead atoms. The summed E-state index contributed by atoms with van der Waals surface area (Å²) in [6, 6.07) is 6.60. The molecule has 1 heterocycles. The van der Waals surface area contributed by atoms with E-state index in [1.165, 1.54) is 11.1 Å². The van der Waals surface area contributed by atoms with Gasteiger partial charge in [-0.2, -0.15) is 0 Å². The van der Waals surface area contributed by atoms with Crippen molar-refractivity contribution in [2.45, 2.75) is 38.8 Å². The standard InChI is InChI=1S/C14H21ClN2.ClH/c1-2-11-4-3-5-14(15)13(11)10-17-8-6-12(16)7-9-17;/h3-5,12H,2,6-10,16H2,1H3;1H. The molecule has 1 aromatic rings. The van der Waals surface area contributed by atoms with E-state index in [0.717, 1.165) is 43.9 Å². The molecular weight excluding hydrogens is 267 g/mol. The van der Waals surface area contributed by atoms with Crippen molar-refractivity contribution < 1.29 is 0 Å². The lowest BCUT2D eigenvalue weighted by atomic mass is 10.0. The summed E-state index contributed by atoms with van der Waals surface area (Å²) in [5.74, 6) is 0. The van der Waals surface area contributed by atoms with Gasteiger partial charge < -0.3 is 5.73 Å². The average Bonchev–Trinajstić information content (AvgIpc) is 2.34. The summed E-state index contributed by atoms with van der Waals surface area (Å²) in [4.78, 5) is 2.46. The Morgan fingerprint density at radius 1 is 1.33 bits per heavy atom. The van der Waals surface area contributed by atoms with E-state index in [-0.39, 0.29) is 12.4 Å². The number of likely N-dealkylation sites (tertiary alicyclic amines) is 1. The van der Waals surface area contributed by atoms with Gasteiger partial charge in [-0.05, 0) is 49.5 Å². The number of halogens is 2. The molecule has 2 nitrogen and oxygen atoms in total. The van der Waals surface area contributed by atoms with E-state index in [0.29, 0.717) is 6.04 Å². The Labute approximate surface area is 121 Å². The largest absolute Gasteiger partial charge is 0.328 e. The van der Waals surface area contributed by atoms with Crippen molar-refractivity contribution in [1.82, 2.24) is 4.90 Å². The highest BCUT2D eigenvalue weighted by atomic mass is 35.5. The van der Waals surface area contributed by atoms with Gasteiger partial charge in [0.05, 0.1) is 0 Å². The van der Waals surface area contributed by atoms with Crippen molar-refractivity contribution in [3.63, 3.8) is 0 Å². The van der Waals surface area contributed by atoms with E-state index in [1.54, 1.807) is 0 Å². The molecule has 1 saturated heterocycles. The van der Waals surface area contributed by atoms with Gasteiger partial charge in [-0.15, -0.1) is 12.4 Å². The smallest absolute Gasteiger partial charge is 0.0453 e. The Bertz CT molecular complexity index is 374. The van der Waals surface area contributed by atoms with Crippen LogP contribution in [0.1, 0.15) is 30.9 Å². The first-order valence-corrected chi connectivity index (χ1v) is 6.82. The number of hydrogen-bond donors (Lipinski definition) is 1. The molecule has 0 atom stereocenters. The predicted molar refractivity (Wildman–Crippen MR) is 80.6 cm³/mol. The Morgan fingerprint density at radius 3 is 2.61 bits per heavy atom. The van der Waals surface area contributed by atoms with Crippen LogP contribution >= 0.6 is 24.0 Å². The zero-order valence-electron chi connectivity index (χ0n) is 10.9. The summed E-state index contributed by atoms with van der Waals surface area (Å²) in [7, 11) is 0. The van der Waals surface area contributed by atoms with Crippen LogP contribution in [-0.4, -0.2) is 24.0 Å². The zero-order chi connectivity index (χ0) is 12.3. The van der Waals surface area contributed by atoms with E-state index >= 15 is 0 Å². The van der Waals surface area contributed by atoms with Crippen molar-refractivity contribution >= 4 is 24.0 Å². The molecule has 0 radical (unpaired) electrons. The molecule has 0 saturated carbocycles. The van der Waals surface area contributed by atoms with Crippen LogP contribution in [-0.2, 0) is 13.0 Å². The second-order valence-corrected chi connectivity index (χ2v) is 5.25. The maximum absolute atomic E-state index is 6.30. The van der Waals surface area contributed by atoms with E-state index in [2.05, 4.69) is 17.9 Å². The van der Waals surface area contributed by atoms with Crippen molar-refractivity contribution in [3.8, 4) is 0 Å². The Hall–Kier alpha value is -0.280. The van der Waals surface area contributed by atoms with Crippen LogP contribution in [0.2, 0.25) is 5.02 Å². The monoisotopic (exact) mass is 288 g/mol. The highest BCUT2D eigenvalue weighted by Crippen LogP contribution is 2.23. The maximum Gasteiger partial charge on any atom is 0.0453 e. The summed E-state index contributed by atoms with van der Waals surface area (Å²) in [6.07, 6.45) is 3.25. The topological polar surface area (TPSA) is 29.3 Å². The molecule has 0 unspecified atom stereocenters. The number of rotatable bonds is 3. The van der Waals surface area contributed by atoms with Gasteiger partial charge in [-0.25, -0.2) is 0 Å². The highest BCUT2D eigenvalue weighted by Gasteiger charge is 2.17. The Balaban J connectivity index is 0.00000162. The molecular formula is C14H22Cl2N2. The minimum atomic E-state index is 0. The Kier molecular flexibility index (Phi) is 6.44. The lowest BCUT2D eigenvalue weighted by molar-refractivity contribution is 0.205. The molecule has 1 aliphatic rings. The van der Waals surface area contributed by atoms with Gasteiger partial charge in [0.25, 0.3) is 0 Å². The molecule has 0 aliphatic carbocycles. The van der Waals surface area contributed by atoms with Gasteiger partial charge in [-0.1, -0.05) is 30.7 Å². The van der Waals surface area contributed by atoms with Crippen LogP contribution in [0.5, 0.6) is 0 Å². The van der Waals surface area contributed by atoms with Crippen LogP contribution in [0.15, 0.2) is 18.2 Å². The third-order valence-electron chi connectivity index (χ3n) is 3.61. The van der Waals surface area contributed by atoms with Gasteiger partial charge >= 0.3 is 0 Å². The normalized spacial score (nSPS) is 17.5. The summed E-state index contributed by atoms with van der Waals surface area (Å²) in [5, 5.41) is 0.902. The van der Waals surface area contributed by atoms with Gasteiger partial charge in [0.2, 0.25) is 0 Å².